The van der Waals surface area contributed by atoms with E-state index in [-0.39, 0.29) is 18.0 Å². The monoisotopic (exact) mass is 357 g/mol. The van der Waals surface area contributed by atoms with Crippen molar-refractivity contribution >= 4 is 17.6 Å². The molecule has 3 amide bonds. The highest BCUT2D eigenvalue weighted by molar-refractivity contribution is 5.89. The van der Waals surface area contributed by atoms with Gasteiger partial charge >= 0.3 is 6.03 Å². The molecule has 0 fully saturated rings. The molecular weight excluding hydrogens is 330 g/mol. The Labute approximate surface area is 154 Å². The molecule has 1 atom stereocenters. The van der Waals surface area contributed by atoms with Crippen LogP contribution in [0.4, 0.5) is 10.5 Å². The number of anilines is 1. The molecule has 0 aliphatic carbocycles. The summed E-state index contributed by atoms with van der Waals surface area (Å²) in [6.45, 7) is 3.88. The SMILES string of the molecule is Cc1cc(CC(C)NC(=O)Nc2ccc(CCC(=O)N(C)C)cc2)n[nH]1. The van der Waals surface area contributed by atoms with Crippen molar-refractivity contribution in [2.45, 2.75) is 39.2 Å². The molecule has 26 heavy (non-hydrogen) atoms. The van der Waals surface area contributed by atoms with Crippen LogP contribution in [-0.4, -0.2) is 47.2 Å². The van der Waals surface area contributed by atoms with E-state index in [1.807, 2.05) is 44.2 Å². The van der Waals surface area contributed by atoms with Gasteiger partial charge in [0, 0.05) is 44.4 Å². The Balaban J connectivity index is 1.78. The minimum atomic E-state index is -0.250. The van der Waals surface area contributed by atoms with Crippen molar-refractivity contribution in [3.8, 4) is 0 Å². The zero-order valence-corrected chi connectivity index (χ0v) is 15.8. The molecule has 0 saturated carbocycles. The van der Waals surface area contributed by atoms with Crippen LogP contribution in [0.1, 0.15) is 30.3 Å². The number of rotatable bonds is 7. The van der Waals surface area contributed by atoms with Crippen LogP contribution in [0, 0.1) is 6.92 Å². The Hall–Kier alpha value is -2.83. The van der Waals surface area contributed by atoms with E-state index >= 15 is 0 Å². The minimum Gasteiger partial charge on any atom is -0.349 e. The molecule has 0 radical (unpaired) electrons. The zero-order chi connectivity index (χ0) is 19.1. The van der Waals surface area contributed by atoms with Gasteiger partial charge in [0.2, 0.25) is 5.91 Å². The van der Waals surface area contributed by atoms with Crippen molar-refractivity contribution in [1.82, 2.24) is 20.4 Å². The molecule has 140 valence electrons. The first kappa shape index (κ1) is 19.5. The number of H-pyrrole nitrogens is 1. The van der Waals surface area contributed by atoms with Crippen molar-refractivity contribution in [1.29, 1.82) is 0 Å². The second-order valence-corrected chi connectivity index (χ2v) is 6.73. The van der Waals surface area contributed by atoms with Gasteiger partial charge in [0.1, 0.15) is 0 Å². The summed E-state index contributed by atoms with van der Waals surface area (Å²) in [6.07, 6.45) is 1.82. The van der Waals surface area contributed by atoms with E-state index in [1.54, 1.807) is 19.0 Å². The van der Waals surface area contributed by atoms with Gasteiger partial charge in [0.25, 0.3) is 0 Å². The number of nitrogens with one attached hydrogen (secondary N) is 3. The van der Waals surface area contributed by atoms with E-state index in [0.29, 0.717) is 24.9 Å². The molecule has 3 N–H and O–H groups in total. The Morgan fingerprint density at radius 1 is 1.23 bits per heavy atom. The molecule has 2 aromatic rings. The molecule has 0 aliphatic rings. The summed E-state index contributed by atoms with van der Waals surface area (Å²) in [7, 11) is 3.50. The van der Waals surface area contributed by atoms with E-state index in [4.69, 9.17) is 0 Å². The van der Waals surface area contributed by atoms with Crippen molar-refractivity contribution in [2.24, 2.45) is 0 Å². The van der Waals surface area contributed by atoms with E-state index in [2.05, 4.69) is 20.8 Å². The number of urea groups is 1. The highest BCUT2D eigenvalue weighted by Crippen LogP contribution is 2.11. The average Bonchev–Trinajstić information content (AvgIpc) is 2.98. The van der Waals surface area contributed by atoms with Crippen molar-refractivity contribution < 1.29 is 9.59 Å². The van der Waals surface area contributed by atoms with Crippen molar-refractivity contribution in [3.63, 3.8) is 0 Å². The van der Waals surface area contributed by atoms with Crippen LogP contribution < -0.4 is 10.6 Å². The van der Waals surface area contributed by atoms with Crippen LogP contribution in [0.25, 0.3) is 0 Å². The van der Waals surface area contributed by atoms with Gasteiger partial charge in [0.05, 0.1) is 5.69 Å². The number of hydrogen-bond donors (Lipinski definition) is 3. The summed E-state index contributed by atoms with van der Waals surface area (Å²) in [5.74, 6) is 0.104. The number of nitrogens with zero attached hydrogens (tertiary/aromatic N) is 2. The largest absolute Gasteiger partial charge is 0.349 e. The fourth-order valence-electron chi connectivity index (χ4n) is 2.56. The molecule has 0 bridgehead atoms. The number of carbonyl (C=O) groups is 2. The Morgan fingerprint density at radius 2 is 1.92 bits per heavy atom. The molecule has 1 heterocycles. The summed E-state index contributed by atoms with van der Waals surface area (Å²) >= 11 is 0. The molecule has 7 nitrogen and oxygen atoms in total. The summed E-state index contributed by atoms with van der Waals surface area (Å²) in [5.41, 5.74) is 3.71. The summed E-state index contributed by atoms with van der Waals surface area (Å²) in [5, 5.41) is 12.8. The van der Waals surface area contributed by atoms with Crippen LogP contribution in [0.2, 0.25) is 0 Å². The van der Waals surface area contributed by atoms with Crippen molar-refractivity contribution in [2.75, 3.05) is 19.4 Å². The molecule has 2 rings (SSSR count). The predicted octanol–water partition coefficient (Wildman–Crippen LogP) is 2.49. The Morgan fingerprint density at radius 3 is 2.50 bits per heavy atom. The molecule has 0 saturated heterocycles. The van der Waals surface area contributed by atoms with Gasteiger partial charge < -0.3 is 15.5 Å². The Kier molecular flexibility index (Phi) is 6.77. The van der Waals surface area contributed by atoms with E-state index in [9.17, 15) is 9.59 Å². The van der Waals surface area contributed by atoms with Gasteiger partial charge in [-0.2, -0.15) is 5.10 Å². The molecule has 1 unspecified atom stereocenters. The summed E-state index contributed by atoms with van der Waals surface area (Å²) < 4.78 is 0. The number of aromatic amines is 1. The standard InChI is InChI=1S/C19H27N5O2/c1-13(11-17-12-14(2)22-23-17)20-19(26)21-16-8-5-15(6-9-16)7-10-18(25)24(3)4/h5-6,8-9,12-13H,7,10-11H2,1-4H3,(H,22,23)(H2,20,21,26). The topological polar surface area (TPSA) is 90.1 Å². The molecule has 0 aliphatic heterocycles. The maximum absolute atomic E-state index is 12.1. The first-order valence-corrected chi connectivity index (χ1v) is 8.71. The number of hydrogen-bond acceptors (Lipinski definition) is 3. The van der Waals surface area contributed by atoms with Gasteiger partial charge in [-0.3, -0.25) is 9.89 Å². The maximum atomic E-state index is 12.1. The summed E-state index contributed by atoms with van der Waals surface area (Å²) in [4.78, 5) is 25.3. The average molecular weight is 357 g/mol. The third kappa shape index (κ3) is 6.23. The van der Waals surface area contributed by atoms with E-state index in [1.165, 1.54) is 0 Å². The molecule has 7 heteroatoms. The lowest BCUT2D eigenvalue weighted by Gasteiger charge is -2.14. The minimum absolute atomic E-state index is 0.0333. The van der Waals surface area contributed by atoms with Gasteiger partial charge in [-0.25, -0.2) is 4.79 Å². The number of aryl methyl sites for hydroxylation is 2. The first-order chi connectivity index (χ1) is 12.3. The highest BCUT2D eigenvalue weighted by Gasteiger charge is 2.10. The second kappa shape index (κ2) is 9.03. The van der Waals surface area contributed by atoms with Crippen LogP contribution in [-0.2, 0) is 17.6 Å². The Bertz CT molecular complexity index is 737. The lowest BCUT2D eigenvalue weighted by Crippen LogP contribution is -2.37. The highest BCUT2D eigenvalue weighted by atomic mass is 16.2. The second-order valence-electron chi connectivity index (χ2n) is 6.73. The quantitative estimate of drug-likeness (QED) is 0.711. The number of amides is 3. The van der Waals surface area contributed by atoms with Crippen LogP contribution in [0.5, 0.6) is 0 Å². The first-order valence-electron chi connectivity index (χ1n) is 8.71. The third-order valence-electron chi connectivity index (χ3n) is 3.99. The van der Waals surface area contributed by atoms with Crippen LogP contribution in [0.3, 0.4) is 0 Å². The lowest BCUT2D eigenvalue weighted by atomic mass is 10.1. The van der Waals surface area contributed by atoms with E-state index in [0.717, 1.165) is 17.0 Å². The predicted molar refractivity (Wildman–Crippen MR) is 102 cm³/mol. The van der Waals surface area contributed by atoms with Gasteiger partial charge in [-0.05, 0) is 44.0 Å². The molecular formula is C19H27N5O2. The van der Waals surface area contributed by atoms with Gasteiger partial charge in [0.15, 0.2) is 0 Å². The number of carbonyl (C=O) groups excluding carboxylic acids is 2. The van der Waals surface area contributed by atoms with Gasteiger partial charge in [-0.1, -0.05) is 12.1 Å². The molecule has 1 aromatic carbocycles. The smallest absolute Gasteiger partial charge is 0.319 e. The molecule has 1 aromatic heterocycles. The van der Waals surface area contributed by atoms with Crippen LogP contribution >= 0.6 is 0 Å². The third-order valence-corrected chi connectivity index (χ3v) is 3.99. The fourth-order valence-corrected chi connectivity index (χ4v) is 2.56. The zero-order valence-electron chi connectivity index (χ0n) is 15.8. The maximum Gasteiger partial charge on any atom is 0.319 e. The van der Waals surface area contributed by atoms with Crippen LogP contribution in [0.15, 0.2) is 30.3 Å². The molecule has 0 spiro atoms. The van der Waals surface area contributed by atoms with Gasteiger partial charge in [-0.15, -0.1) is 0 Å². The van der Waals surface area contributed by atoms with Crippen molar-refractivity contribution in [3.05, 3.63) is 47.3 Å². The van der Waals surface area contributed by atoms with E-state index < -0.39 is 0 Å². The summed E-state index contributed by atoms with van der Waals surface area (Å²) in [6, 6.07) is 9.22. The number of aromatic nitrogens is 2. The normalized spacial score (nSPS) is 11.7. The fraction of sp³-hybridized carbons (Fsp3) is 0.421. The number of benzene rings is 1. The lowest BCUT2D eigenvalue weighted by molar-refractivity contribution is -0.128.